The van der Waals surface area contributed by atoms with Crippen molar-refractivity contribution in [2.24, 2.45) is 5.92 Å². The summed E-state index contributed by atoms with van der Waals surface area (Å²) in [7, 11) is 3.23. The molecule has 0 heterocycles. The normalized spacial score (nSPS) is 12.1. The minimum atomic E-state index is -0.172. The van der Waals surface area contributed by atoms with E-state index in [4.69, 9.17) is 14.2 Å². The maximum Gasteiger partial charge on any atom is 0.244 e. The Balaban J connectivity index is 2.01. The summed E-state index contributed by atoms with van der Waals surface area (Å²) in [5.74, 6) is 2.37. The fourth-order valence-corrected chi connectivity index (χ4v) is 2.59. The van der Waals surface area contributed by atoms with E-state index in [0.717, 1.165) is 16.9 Å². The van der Waals surface area contributed by atoms with Crippen molar-refractivity contribution >= 4 is 12.0 Å². The van der Waals surface area contributed by atoms with Crippen LogP contribution in [0, 0.1) is 5.92 Å². The highest BCUT2D eigenvalue weighted by atomic mass is 16.5. The Morgan fingerprint density at radius 1 is 1.04 bits per heavy atom. The molecule has 0 aliphatic heterocycles. The number of ether oxygens (including phenoxy) is 3. The van der Waals surface area contributed by atoms with Gasteiger partial charge in [-0.2, -0.15) is 0 Å². The Kier molecular flexibility index (Phi) is 7.93. The largest absolute Gasteiger partial charge is 0.497 e. The van der Waals surface area contributed by atoms with Gasteiger partial charge in [0.25, 0.3) is 0 Å². The molecular formula is C23H29NO4. The van der Waals surface area contributed by atoms with Gasteiger partial charge in [-0.3, -0.25) is 4.79 Å². The molecule has 1 amide bonds. The van der Waals surface area contributed by atoms with E-state index in [1.165, 1.54) is 6.08 Å². The second-order valence-electron chi connectivity index (χ2n) is 6.96. The van der Waals surface area contributed by atoms with Crippen LogP contribution in [-0.2, 0) is 4.79 Å². The van der Waals surface area contributed by atoms with Gasteiger partial charge in [0.05, 0.1) is 26.9 Å². The van der Waals surface area contributed by atoms with Gasteiger partial charge in [0, 0.05) is 6.08 Å². The first-order valence-electron chi connectivity index (χ1n) is 9.36. The van der Waals surface area contributed by atoms with Gasteiger partial charge in [0.2, 0.25) is 5.91 Å². The van der Waals surface area contributed by atoms with Gasteiger partial charge in [-0.15, -0.1) is 0 Å². The first-order valence-corrected chi connectivity index (χ1v) is 9.36. The number of methoxy groups -OCH3 is 2. The molecule has 1 unspecified atom stereocenters. The molecule has 5 heteroatoms. The van der Waals surface area contributed by atoms with E-state index in [0.29, 0.717) is 24.0 Å². The van der Waals surface area contributed by atoms with E-state index in [9.17, 15) is 4.79 Å². The minimum absolute atomic E-state index is 0.171. The van der Waals surface area contributed by atoms with E-state index < -0.39 is 0 Å². The molecule has 0 radical (unpaired) electrons. The molecular weight excluding hydrogens is 354 g/mol. The summed E-state index contributed by atoms with van der Waals surface area (Å²) in [5, 5.41) is 2.96. The van der Waals surface area contributed by atoms with Crippen LogP contribution in [0.5, 0.6) is 17.2 Å². The molecule has 0 aromatic heterocycles. The molecule has 0 saturated carbocycles. The van der Waals surface area contributed by atoms with Crippen LogP contribution in [0.15, 0.2) is 48.5 Å². The molecule has 0 fully saturated rings. The highest BCUT2D eigenvalue weighted by molar-refractivity contribution is 5.92. The molecule has 2 aromatic rings. The van der Waals surface area contributed by atoms with Crippen LogP contribution in [0.25, 0.3) is 6.08 Å². The summed E-state index contributed by atoms with van der Waals surface area (Å²) in [6.45, 7) is 6.74. The van der Waals surface area contributed by atoms with Gasteiger partial charge in [0.1, 0.15) is 5.75 Å². The molecule has 28 heavy (non-hydrogen) atoms. The molecule has 0 spiro atoms. The summed E-state index contributed by atoms with van der Waals surface area (Å²) >= 11 is 0. The van der Waals surface area contributed by atoms with Crippen LogP contribution < -0.4 is 19.5 Å². The highest BCUT2D eigenvalue weighted by Crippen LogP contribution is 2.30. The predicted octanol–water partition coefficient (Wildman–Crippen LogP) is 4.63. The van der Waals surface area contributed by atoms with Gasteiger partial charge in [0.15, 0.2) is 11.5 Å². The average Bonchev–Trinajstić information content (AvgIpc) is 2.70. The Labute approximate surface area is 167 Å². The molecule has 5 nitrogen and oxygen atoms in total. The Morgan fingerprint density at radius 3 is 2.50 bits per heavy atom. The summed E-state index contributed by atoms with van der Waals surface area (Å²) in [6.07, 6.45) is 3.27. The van der Waals surface area contributed by atoms with Crippen molar-refractivity contribution in [1.29, 1.82) is 0 Å². The fourth-order valence-electron chi connectivity index (χ4n) is 2.59. The molecule has 1 atom stereocenters. The quantitative estimate of drug-likeness (QED) is 0.642. The lowest BCUT2D eigenvalue weighted by Gasteiger charge is -2.17. The molecule has 2 rings (SSSR count). The zero-order chi connectivity index (χ0) is 20.5. The van der Waals surface area contributed by atoms with Crippen molar-refractivity contribution in [1.82, 2.24) is 5.32 Å². The predicted molar refractivity (Wildman–Crippen MR) is 112 cm³/mol. The van der Waals surface area contributed by atoms with Crippen LogP contribution >= 0.6 is 0 Å². The summed E-state index contributed by atoms with van der Waals surface area (Å²) < 4.78 is 16.4. The lowest BCUT2D eigenvalue weighted by molar-refractivity contribution is -0.117. The van der Waals surface area contributed by atoms with Gasteiger partial charge >= 0.3 is 0 Å². The standard InChI is InChI=1S/C23H29NO4/c1-16(2)15-28-21-11-10-19(14-22(21)27-5)17(3)24-23(25)12-9-18-7-6-8-20(13-18)26-4/h6-14,16-17H,15H2,1-5H3,(H,24,25)/b12-9+. The van der Waals surface area contributed by atoms with Crippen molar-refractivity contribution in [2.45, 2.75) is 26.8 Å². The second kappa shape index (κ2) is 10.4. The topological polar surface area (TPSA) is 56.8 Å². The summed E-state index contributed by atoms with van der Waals surface area (Å²) in [6, 6.07) is 13.1. The van der Waals surface area contributed by atoms with Crippen molar-refractivity contribution in [3.05, 3.63) is 59.7 Å². The third kappa shape index (κ3) is 6.34. The smallest absolute Gasteiger partial charge is 0.244 e. The number of carbonyl (C=O) groups excluding carboxylic acids is 1. The van der Waals surface area contributed by atoms with E-state index in [-0.39, 0.29) is 11.9 Å². The molecule has 150 valence electrons. The number of carbonyl (C=O) groups is 1. The number of nitrogens with one attached hydrogen (secondary N) is 1. The average molecular weight is 383 g/mol. The number of rotatable bonds is 9. The van der Waals surface area contributed by atoms with Crippen molar-refractivity contribution in [3.63, 3.8) is 0 Å². The van der Waals surface area contributed by atoms with Crippen LogP contribution in [0.2, 0.25) is 0 Å². The lowest BCUT2D eigenvalue weighted by Crippen LogP contribution is -2.24. The molecule has 0 aliphatic carbocycles. The molecule has 1 N–H and O–H groups in total. The molecule has 2 aromatic carbocycles. The maximum atomic E-state index is 12.3. The minimum Gasteiger partial charge on any atom is -0.497 e. The van der Waals surface area contributed by atoms with Gasteiger partial charge < -0.3 is 19.5 Å². The van der Waals surface area contributed by atoms with Gasteiger partial charge in [-0.1, -0.05) is 32.0 Å². The summed E-state index contributed by atoms with van der Waals surface area (Å²) in [5.41, 5.74) is 1.84. The SMILES string of the molecule is COc1cccc(/C=C/C(=O)NC(C)c2ccc(OCC(C)C)c(OC)c2)c1. The number of hydrogen-bond donors (Lipinski definition) is 1. The zero-order valence-electron chi connectivity index (χ0n) is 17.2. The van der Waals surface area contributed by atoms with Crippen molar-refractivity contribution < 1.29 is 19.0 Å². The lowest BCUT2D eigenvalue weighted by atomic mass is 10.1. The van der Waals surface area contributed by atoms with Crippen LogP contribution in [0.1, 0.15) is 37.9 Å². The first kappa shape index (κ1) is 21.4. The Hall–Kier alpha value is -2.95. The number of hydrogen-bond acceptors (Lipinski definition) is 4. The van der Waals surface area contributed by atoms with E-state index in [2.05, 4.69) is 19.2 Å². The van der Waals surface area contributed by atoms with Crippen molar-refractivity contribution in [3.8, 4) is 17.2 Å². The van der Waals surface area contributed by atoms with E-state index >= 15 is 0 Å². The highest BCUT2D eigenvalue weighted by Gasteiger charge is 2.12. The maximum absolute atomic E-state index is 12.3. The first-order chi connectivity index (χ1) is 13.4. The zero-order valence-corrected chi connectivity index (χ0v) is 17.2. The monoisotopic (exact) mass is 383 g/mol. The molecule has 0 bridgehead atoms. The third-order valence-corrected chi connectivity index (χ3v) is 4.14. The number of amides is 1. The van der Waals surface area contributed by atoms with Crippen molar-refractivity contribution in [2.75, 3.05) is 20.8 Å². The van der Waals surface area contributed by atoms with Gasteiger partial charge in [-0.05, 0) is 54.3 Å². The van der Waals surface area contributed by atoms with Crippen LogP contribution in [-0.4, -0.2) is 26.7 Å². The molecule has 0 aliphatic rings. The van der Waals surface area contributed by atoms with E-state index in [1.54, 1.807) is 20.3 Å². The second-order valence-corrected chi connectivity index (χ2v) is 6.96. The Morgan fingerprint density at radius 2 is 1.82 bits per heavy atom. The Bertz CT molecular complexity index is 814. The van der Waals surface area contributed by atoms with E-state index in [1.807, 2.05) is 49.4 Å². The van der Waals surface area contributed by atoms with Crippen LogP contribution in [0.4, 0.5) is 0 Å². The van der Waals surface area contributed by atoms with Crippen LogP contribution in [0.3, 0.4) is 0 Å². The fraction of sp³-hybridized carbons (Fsp3) is 0.348. The third-order valence-electron chi connectivity index (χ3n) is 4.14. The number of benzene rings is 2. The van der Waals surface area contributed by atoms with Gasteiger partial charge in [-0.25, -0.2) is 0 Å². The molecule has 0 saturated heterocycles. The summed E-state index contributed by atoms with van der Waals surface area (Å²) in [4.78, 5) is 12.3.